The first-order chi connectivity index (χ1) is 8.24. The van der Waals surface area contributed by atoms with Gasteiger partial charge < -0.3 is 5.11 Å². The Labute approximate surface area is 101 Å². The summed E-state index contributed by atoms with van der Waals surface area (Å²) in [5.41, 5.74) is 0.667. The predicted octanol–water partition coefficient (Wildman–Crippen LogP) is 1.63. The summed E-state index contributed by atoms with van der Waals surface area (Å²) in [5, 5.41) is 14.1. The zero-order valence-corrected chi connectivity index (χ0v) is 9.64. The maximum absolute atomic E-state index is 13.1. The average molecular weight is 251 g/mol. The fraction of sp³-hybridized carbons (Fsp3) is 0.273. The highest BCUT2D eigenvalue weighted by molar-refractivity contribution is 8.00. The molecule has 4 nitrogen and oxygen atoms in total. The van der Waals surface area contributed by atoms with Gasteiger partial charge in [-0.05, 0) is 23.8 Å². The minimum absolute atomic E-state index is 0.0477. The lowest BCUT2D eigenvalue weighted by atomic mass is 10.1. The Balaban J connectivity index is 1.84. The molecule has 0 radical (unpaired) electrons. The van der Waals surface area contributed by atoms with Crippen LogP contribution in [0.3, 0.4) is 0 Å². The highest BCUT2D eigenvalue weighted by atomic mass is 32.2. The average Bonchev–Trinajstić information content (AvgIpc) is 2.91. The van der Waals surface area contributed by atoms with Gasteiger partial charge in [0.25, 0.3) is 0 Å². The molecule has 3 rings (SSSR count). The zero-order valence-electron chi connectivity index (χ0n) is 8.82. The Morgan fingerprint density at radius 2 is 2.35 bits per heavy atom. The lowest BCUT2D eigenvalue weighted by Crippen LogP contribution is -2.17. The van der Waals surface area contributed by atoms with Crippen LogP contribution in [-0.2, 0) is 6.54 Å². The Morgan fingerprint density at radius 3 is 3.12 bits per heavy atom. The van der Waals surface area contributed by atoms with Crippen molar-refractivity contribution in [2.45, 2.75) is 22.8 Å². The van der Waals surface area contributed by atoms with Crippen LogP contribution in [0.25, 0.3) is 0 Å². The highest BCUT2D eigenvalue weighted by Gasteiger charge is 2.32. The molecule has 88 valence electrons. The number of aliphatic hydroxyl groups excluding tert-OH is 1. The zero-order chi connectivity index (χ0) is 11.8. The molecule has 2 heterocycles. The minimum Gasteiger partial charge on any atom is -0.387 e. The van der Waals surface area contributed by atoms with Crippen LogP contribution in [0.5, 0.6) is 0 Å². The van der Waals surface area contributed by atoms with Gasteiger partial charge in [0.15, 0.2) is 0 Å². The Kier molecular flexibility index (Phi) is 2.60. The van der Waals surface area contributed by atoms with Crippen LogP contribution in [0.2, 0.25) is 0 Å². The van der Waals surface area contributed by atoms with E-state index in [1.54, 1.807) is 28.8 Å². The van der Waals surface area contributed by atoms with Crippen LogP contribution in [0.15, 0.2) is 35.7 Å². The van der Waals surface area contributed by atoms with Crippen molar-refractivity contribution in [3.8, 4) is 0 Å². The summed E-state index contributed by atoms with van der Waals surface area (Å²) in [4.78, 5) is 4.79. The minimum atomic E-state index is -0.658. The normalized spacial score (nSPS) is 22.7. The summed E-state index contributed by atoms with van der Waals surface area (Å²) in [6.07, 6.45) is 2.41. The second-order valence-corrected chi connectivity index (χ2v) is 5.18. The van der Waals surface area contributed by atoms with Crippen LogP contribution >= 0.6 is 11.8 Å². The number of fused-ring (bicyclic) bond motifs is 1. The van der Waals surface area contributed by atoms with E-state index in [0.29, 0.717) is 12.1 Å². The van der Waals surface area contributed by atoms with E-state index >= 15 is 0 Å². The fourth-order valence-corrected chi connectivity index (χ4v) is 3.23. The largest absolute Gasteiger partial charge is 0.387 e. The topological polar surface area (TPSA) is 50.9 Å². The van der Waals surface area contributed by atoms with Gasteiger partial charge in [0.1, 0.15) is 18.5 Å². The van der Waals surface area contributed by atoms with Crippen molar-refractivity contribution >= 4 is 11.8 Å². The molecule has 0 amide bonds. The number of thioether (sulfide) groups is 1. The number of benzene rings is 1. The molecule has 0 fully saturated rings. The van der Waals surface area contributed by atoms with Crippen molar-refractivity contribution in [2.24, 2.45) is 0 Å². The van der Waals surface area contributed by atoms with E-state index in [1.807, 2.05) is 0 Å². The van der Waals surface area contributed by atoms with E-state index in [1.165, 1.54) is 18.5 Å². The molecule has 2 atom stereocenters. The number of nitrogens with zero attached hydrogens (tertiary/aromatic N) is 3. The fourth-order valence-electron chi connectivity index (χ4n) is 1.93. The maximum atomic E-state index is 13.1. The van der Waals surface area contributed by atoms with Gasteiger partial charge in [-0.1, -0.05) is 0 Å². The van der Waals surface area contributed by atoms with E-state index in [9.17, 15) is 9.50 Å². The van der Waals surface area contributed by atoms with Crippen LogP contribution in [-0.4, -0.2) is 25.1 Å². The van der Waals surface area contributed by atoms with Crippen molar-refractivity contribution in [3.05, 3.63) is 42.2 Å². The van der Waals surface area contributed by atoms with E-state index < -0.39 is 6.10 Å². The molecule has 2 unspecified atom stereocenters. The van der Waals surface area contributed by atoms with Gasteiger partial charge in [-0.3, -0.25) is 4.68 Å². The summed E-state index contributed by atoms with van der Waals surface area (Å²) in [6.45, 7) is 0.558. The number of hydrogen-bond acceptors (Lipinski definition) is 4. The molecule has 0 aliphatic carbocycles. The number of rotatable bonds is 2. The van der Waals surface area contributed by atoms with E-state index in [0.717, 1.165) is 4.90 Å². The summed E-state index contributed by atoms with van der Waals surface area (Å²) in [7, 11) is 0. The second-order valence-electron chi connectivity index (χ2n) is 3.90. The third-order valence-corrected chi connectivity index (χ3v) is 4.09. The first-order valence-corrected chi connectivity index (χ1v) is 6.08. The van der Waals surface area contributed by atoms with E-state index in [2.05, 4.69) is 10.1 Å². The number of aliphatic hydroxyl groups is 1. The van der Waals surface area contributed by atoms with Crippen molar-refractivity contribution in [1.82, 2.24) is 14.8 Å². The molecule has 6 heteroatoms. The van der Waals surface area contributed by atoms with Crippen LogP contribution in [0.1, 0.15) is 11.7 Å². The SMILES string of the molecule is OC1c2cc(F)ccc2SC1Cn1cncn1. The molecule has 0 saturated heterocycles. The quantitative estimate of drug-likeness (QED) is 0.881. The Bertz CT molecular complexity index is 532. The van der Waals surface area contributed by atoms with Crippen LogP contribution in [0.4, 0.5) is 4.39 Å². The van der Waals surface area contributed by atoms with Crippen molar-refractivity contribution in [1.29, 1.82) is 0 Å². The van der Waals surface area contributed by atoms with E-state index in [4.69, 9.17) is 0 Å². The Morgan fingerprint density at radius 1 is 1.47 bits per heavy atom. The number of halogens is 1. The summed E-state index contributed by atoms with van der Waals surface area (Å²) in [6, 6.07) is 4.52. The monoisotopic (exact) mass is 251 g/mol. The molecule has 0 spiro atoms. The summed E-state index contributed by atoms with van der Waals surface area (Å²) < 4.78 is 14.8. The number of aromatic nitrogens is 3. The molecule has 2 aromatic rings. The Hall–Kier alpha value is -1.40. The van der Waals surface area contributed by atoms with E-state index in [-0.39, 0.29) is 11.1 Å². The predicted molar refractivity (Wildman–Crippen MR) is 61.0 cm³/mol. The van der Waals surface area contributed by atoms with Gasteiger partial charge in [-0.2, -0.15) is 5.10 Å². The molecule has 1 aliphatic heterocycles. The summed E-state index contributed by atoms with van der Waals surface area (Å²) >= 11 is 1.55. The van der Waals surface area contributed by atoms with Crippen molar-refractivity contribution in [2.75, 3.05) is 0 Å². The smallest absolute Gasteiger partial charge is 0.137 e. The molecule has 17 heavy (non-hydrogen) atoms. The standard InChI is InChI=1S/C11H10FN3OS/c12-7-1-2-9-8(3-7)11(16)10(17-9)4-15-6-13-5-14-15/h1-3,5-6,10-11,16H,4H2. The van der Waals surface area contributed by atoms with Crippen molar-refractivity contribution < 1.29 is 9.50 Å². The molecular formula is C11H10FN3OS. The highest BCUT2D eigenvalue weighted by Crippen LogP contribution is 2.44. The first-order valence-electron chi connectivity index (χ1n) is 5.20. The lowest BCUT2D eigenvalue weighted by Gasteiger charge is -2.13. The first kappa shape index (κ1) is 10.7. The molecular weight excluding hydrogens is 241 g/mol. The third-order valence-electron chi connectivity index (χ3n) is 2.75. The maximum Gasteiger partial charge on any atom is 0.137 e. The van der Waals surface area contributed by atoms with Gasteiger partial charge >= 0.3 is 0 Å². The molecule has 1 aromatic carbocycles. The van der Waals surface area contributed by atoms with Crippen LogP contribution < -0.4 is 0 Å². The summed E-state index contributed by atoms with van der Waals surface area (Å²) in [5.74, 6) is -0.315. The molecule has 1 aliphatic rings. The molecule has 0 saturated carbocycles. The van der Waals surface area contributed by atoms with Gasteiger partial charge in [0.2, 0.25) is 0 Å². The second kappa shape index (κ2) is 4.12. The molecule has 1 N–H and O–H groups in total. The molecule has 0 bridgehead atoms. The molecule has 1 aromatic heterocycles. The number of hydrogen-bond donors (Lipinski definition) is 1. The van der Waals surface area contributed by atoms with Crippen LogP contribution in [0, 0.1) is 5.82 Å². The van der Waals surface area contributed by atoms with Gasteiger partial charge in [0, 0.05) is 4.90 Å². The van der Waals surface area contributed by atoms with Crippen molar-refractivity contribution in [3.63, 3.8) is 0 Å². The van der Waals surface area contributed by atoms with Gasteiger partial charge in [0.05, 0.1) is 17.9 Å². The van der Waals surface area contributed by atoms with Gasteiger partial charge in [-0.15, -0.1) is 11.8 Å². The lowest BCUT2D eigenvalue weighted by molar-refractivity contribution is 0.168. The van der Waals surface area contributed by atoms with Gasteiger partial charge in [-0.25, -0.2) is 9.37 Å². The third kappa shape index (κ3) is 1.94.